The molecular formula is C12H22N4. The van der Waals surface area contributed by atoms with Crippen LogP contribution >= 0.6 is 0 Å². The predicted octanol–water partition coefficient (Wildman–Crippen LogP) is 1.80. The normalized spacial score (nSPS) is 18.9. The van der Waals surface area contributed by atoms with Crippen LogP contribution in [0.15, 0.2) is 6.07 Å². The van der Waals surface area contributed by atoms with Crippen LogP contribution in [0.3, 0.4) is 0 Å². The van der Waals surface area contributed by atoms with Gasteiger partial charge in [0, 0.05) is 25.2 Å². The van der Waals surface area contributed by atoms with Crippen molar-refractivity contribution in [3.8, 4) is 0 Å². The molecule has 0 aromatic carbocycles. The summed E-state index contributed by atoms with van der Waals surface area (Å²) in [5.41, 5.74) is 7.44. The number of anilines is 1. The molecule has 1 fully saturated rings. The first-order valence-electron chi connectivity index (χ1n) is 6.12. The van der Waals surface area contributed by atoms with Gasteiger partial charge in [0.15, 0.2) is 0 Å². The van der Waals surface area contributed by atoms with Crippen molar-refractivity contribution >= 4 is 5.82 Å². The van der Waals surface area contributed by atoms with Gasteiger partial charge in [-0.3, -0.25) is 4.68 Å². The second-order valence-corrected chi connectivity index (χ2v) is 5.04. The quantitative estimate of drug-likeness (QED) is 0.816. The minimum absolute atomic E-state index is 0.0840. The summed E-state index contributed by atoms with van der Waals surface area (Å²) in [5.74, 6) is 1.08. The van der Waals surface area contributed by atoms with Crippen LogP contribution in [0.1, 0.15) is 37.8 Å². The van der Waals surface area contributed by atoms with E-state index in [4.69, 9.17) is 5.73 Å². The molecule has 0 aliphatic heterocycles. The fourth-order valence-corrected chi connectivity index (χ4v) is 2.54. The minimum Gasteiger partial charge on any atom is -0.370 e. The standard InChI is InChI=1S/C12H22N4/c1-10-9-11(16(2)15-10)14-8-7-12(13)5-3-4-6-12/h9,14H,3-8,13H2,1-2H3. The van der Waals surface area contributed by atoms with E-state index >= 15 is 0 Å². The Morgan fingerprint density at radius 3 is 2.75 bits per heavy atom. The summed E-state index contributed by atoms with van der Waals surface area (Å²) in [6.45, 7) is 2.95. The Hall–Kier alpha value is -1.03. The van der Waals surface area contributed by atoms with E-state index in [2.05, 4.69) is 16.5 Å². The Labute approximate surface area is 97.2 Å². The van der Waals surface area contributed by atoms with Crippen molar-refractivity contribution in [3.63, 3.8) is 0 Å². The summed E-state index contributed by atoms with van der Waals surface area (Å²) in [5, 5.41) is 7.71. The van der Waals surface area contributed by atoms with Gasteiger partial charge in [-0.25, -0.2) is 0 Å². The number of nitrogens with two attached hydrogens (primary N) is 1. The van der Waals surface area contributed by atoms with Crippen LogP contribution in [0.4, 0.5) is 5.82 Å². The van der Waals surface area contributed by atoms with Crippen molar-refractivity contribution < 1.29 is 0 Å². The lowest BCUT2D eigenvalue weighted by Crippen LogP contribution is -2.38. The highest BCUT2D eigenvalue weighted by Crippen LogP contribution is 2.29. The zero-order valence-corrected chi connectivity index (χ0v) is 10.3. The first kappa shape index (κ1) is 11.5. The fraction of sp³-hybridized carbons (Fsp3) is 0.750. The molecule has 3 N–H and O–H groups in total. The Bertz CT molecular complexity index is 350. The molecule has 1 aliphatic rings. The summed E-state index contributed by atoms with van der Waals surface area (Å²) >= 11 is 0. The smallest absolute Gasteiger partial charge is 0.124 e. The Morgan fingerprint density at radius 2 is 2.19 bits per heavy atom. The van der Waals surface area contributed by atoms with Crippen LogP contribution in [0, 0.1) is 6.92 Å². The molecule has 1 saturated carbocycles. The number of aromatic nitrogens is 2. The molecule has 0 bridgehead atoms. The van der Waals surface area contributed by atoms with E-state index in [-0.39, 0.29) is 5.54 Å². The van der Waals surface area contributed by atoms with Gasteiger partial charge in [-0.05, 0) is 26.2 Å². The monoisotopic (exact) mass is 222 g/mol. The molecule has 0 spiro atoms. The first-order valence-corrected chi connectivity index (χ1v) is 6.12. The maximum absolute atomic E-state index is 6.30. The molecule has 1 heterocycles. The van der Waals surface area contributed by atoms with Crippen molar-refractivity contribution in [3.05, 3.63) is 11.8 Å². The highest BCUT2D eigenvalue weighted by Gasteiger charge is 2.28. The summed E-state index contributed by atoms with van der Waals surface area (Å²) in [6.07, 6.45) is 6.00. The highest BCUT2D eigenvalue weighted by molar-refractivity contribution is 5.36. The molecular weight excluding hydrogens is 200 g/mol. The maximum Gasteiger partial charge on any atom is 0.124 e. The number of nitrogens with one attached hydrogen (secondary N) is 1. The highest BCUT2D eigenvalue weighted by atomic mass is 15.3. The molecule has 2 rings (SSSR count). The molecule has 16 heavy (non-hydrogen) atoms. The summed E-state index contributed by atoms with van der Waals surface area (Å²) < 4.78 is 1.88. The number of aryl methyl sites for hydroxylation is 2. The van der Waals surface area contributed by atoms with Crippen molar-refractivity contribution in [2.24, 2.45) is 12.8 Å². The molecule has 1 aliphatic carbocycles. The molecule has 1 aromatic heterocycles. The average Bonchev–Trinajstić information content (AvgIpc) is 2.75. The molecule has 90 valence electrons. The van der Waals surface area contributed by atoms with E-state index in [1.54, 1.807) is 0 Å². The van der Waals surface area contributed by atoms with E-state index in [9.17, 15) is 0 Å². The third kappa shape index (κ3) is 2.55. The van der Waals surface area contributed by atoms with Crippen LogP contribution in [0.5, 0.6) is 0 Å². The van der Waals surface area contributed by atoms with Gasteiger partial charge in [-0.15, -0.1) is 0 Å². The van der Waals surface area contributed by atoms with Crippen LogP contribution in [-0.2, 0) is 7.05 Å². The van der Waals surface area contributed by atoms with Gasteiger partial charge in [-0.1, -0.05) is 12.8 Å². The van der Waals surface area contributed by atoms with Gasteiger partial charge >= 0.3 is 0 Å². The topological polar surface area (TPSA) is 55.9 Å². The van der Waals surface area contributed by atoms with Gasteiger partial charge in [0.2, 0.25) is 0 Å². The Balaban J connectivity index is 1.81. The van der Waals surface area contributed by atoms with Crippen LogP contribution in [0.2, 0.25) is 0 Å². The third-order valence-electron chi connectivity index (χ3n) is 3.53. The first-order chi connectivity index (χ1) is 7.59. The van der Waals surface area contributed by atoms with Crippen LogP contribution in [-0.4, -0.2) is 21.9 Å². The van der Waals surface area contributed by atoms with Crippen molar-refractivity contribution in [2.45, 2.75) is 44.6 Å². The number of nitrogens with zero attached hydrogens (tertiary/aromatic N) is 2. The average molecular weight is 222 g/mol. The Kier molecular flexibility index (Phi) is 3.19. The minimum atomic E-state index is 0.0840. The van der Waals surface area contributed by atoms with Gasteiger partial charge < -0.3 is 11.1 Å². The fourth-order valence-electron chi connectivity index (χ4n) is 2.54. The lowest BCUT2D eigenvalue weighted by molar-refractivity contribution is 0.416. The van der Waals surface area contributed by atoms with E-state index in [1.165, 1.54) is 25.7 Å². The van der Waals surface area contributed by atoms with Gasteiger partial charge in [0.25, 0.3) is 0 Å². The third-order valence-corrected chi connectivity index (χ3v) is 3.53. The van der Waals surface area contributed by atoms with Crippen molar-refractivity contribution in [1.29, 1.82) is 0 Å². The largest absolute Gasteiger partial charge is 0.370 e. The molecule has 4 nitrogen and oxygen atoms in total. The van der Waals surface area contributed by atoms with E-state index < -0.39 is 0 Å². The van der Waals surface area contributed by atoms with E-state index in [0.717, 1.165) is 24.5 Å². The summed E-state index contributed by atoms with van der Waals surface area (Å²) in [7, 11) is 1.96. The zero-order valence-electron chi connectivity index (χ0n) is 10.3. The molecule has 0 radical (unpaired) electrons. The van der Waals surface area contributed by atoms with Gasteiger partial charge in [0.05, 0.1) is 5.69 Å². The van der Waals surface area contributed by atoms with Gasteiger partial charge in [0.1, 0.15) is 5.82 Å². The summed E-state index contributed by atoms with van der Waals surface area (Å²) in [6, 6.07) is 2.07. The second kappa shape index (κ2) is 4.45. The number of rotatable bonds is 4. The van der Waals surface area contributed by atoms with Crippen LogP contribution < -0.4 is 11.1 Å². The van der Waals surface area contributed by atoms with Crippen LogP contribution in [0.25, 0.3) is 0 Å². The van der Waals surface area contributed by atoms with E-state index in [1.807, 2.05) is 18.7 Å². The molecule has 0 saturated heterocycles. The van der Waals surface area contributed by atoms with E-state index in [0.29, 0.717) is 0 Å². The lowest BCUT2D eigenvalue weighted by Gasteiger charge is -2.23. The Morgan fingerprint density at radius 1 is 1.50 bits per heavy atom. The molecule has 4 heteroatoms. The second-order valence-electron chi connectivity index (χ2n) is 5.04. The SMILES string of the molecule is Cc1cc(NCCC2(N)CCCC2)n(C)n1. The maximum atomic E-state index is 6.30. The number of hydrogen-bond acceptors (Lipinski definition) is 3. The molecule has 0 amide bonds. The lowest BCUT2D eigenvalue weighted by atomic mass is 9.95. The zero-order chi connectivity index (χ0) is 11.6. The molecule has 0 unspecified atom stereocenters. The van der Waals surface area contributed by atoms with Crippen molar-refractivity contribution in [1.82, 2.24) is 9.78 Å². The summed E-state index contributed by atoms with van der Waals surface area (Å²) in [4.78, 5) is 0. The number of hydrogen-bond donors (Lipinski definition) is 2. The van der Waals surface area contributed by atoms with Crippen molar-refractivity contribution in [2.75, 3.05) is 11.9 Å². The molecule has 1 aromatic rings. The predicted molar refractivity (Wildman–Crippen MR) is 66.4 cm³/mol. The van der Waals surface area contributed by atoms with Gasteiger partial charge in [-0.2, -0.15) is 5.10 Å². The molecule has 0 atom stereocenters.